The van der Waals surface area contributed by atoms with Gasteiger partial charge in [-0.15, -0.1) is 0 Å². The Morgan fingerprint density at radius 3 is 0.851 bits per heavy atom. The first-order valence-electron chi connectivity index (χ1n) is 29.5. The van der Waals surface area contributed by atoms with E-state index in [-0.39, 0.29) is 31.1 Å². The van der Waals surface area contributed by atoms with Crippen molar-refractivity contribution in [2.24, 2.45) is 0 Å². The number of ether oxygens (including phenoxy) is 3. The van der Waals surface area contributed by atoms with Gasteiger partial charge < -0.3 is 14.2 Å². The molecular formula is C68H106O6. The largest absolute Gasteiger partial charge is 0.462 e. The predicted octanol–water partition coefficient (Wildman–Crippen LogP) is 20.1. The molecule has 0 aromatic heterocycles. The summed E-state index contributed by atoms with van der Waals surface area (Å²) in [4.78, 5) is 38.1. The van der Waals surface area contributed by atoms with Gasteiger partial charge in [0.1, 0.15) is 13.2 Å². The van der Waals surface area contributed by atoms with E-state index in [0.29, 0.717) is 19.3 Å². The van der Waals surface area contributed by atoms with Crippen molar-refractivity contribution in [1.29, 1.82) is 0 Å². The molecule has 0 rings (SSSR count). The molecule has 0 N–H and O–H groups in total. The van der Waals surface area contributed by atoms with Gasteiger partial charge in [0.25, 0.3) is 0 Å². The van der Waals surface area contributed by atoms with Crippen molar-refractivity contribution in [3.05, 3.63) is 158 Å². The molecule has 1 atom stereocenters. The standard InChI is InChI=1S/C68H106O6/c1-4-7-10-13-16-19-22-24-26-27-28-29-30-31-32-33-34-35-36-37-38-39-40-41-43-44-46-49-52-55-58-61-67(70)73-64-65(63-72-66(69)60-57-54-51-48-21-18-15-12-9-6-3)74-68(71)62-59-56-53-50-47-45-42-25-23-20-17-14-11-8-5-2/h7-8,10-12,15-17,19-20,24-26,28-29,31-32,34-35,37-38,40-42,44,46,65H,4-6,9,13-14,18,21-23,27,30,33,36,39,43,45,47-64H2,1-3H3/b10-7-,11-8-,15-12-,19-16-,20-17-,26-24-,29-28-,32-31-,35-34-,38-37-,41-40-,42-25-,46-44-. The first kappa shape index (κ1) is 69.0. The Morgan fingerprint density at radius 2 is 0.527 bits per heavy atom. The highest BCUT2D eigenvalue weighted by molar-refractivity contribution is 5.71. The lowest BCUT2D eigenvalue weighted by Crippen LogP contribution is -2.30. The zero-order valence-electron chi connectivity index (χ0n) is 47.3. The van der Waals surface area contributed by atoms with E-state index in [4.69, 9.17) is 14.2 Å². The maximum Gasteiger partial charge on any atom is 0.306 e. The molecule has 0 amide bonds. The maximum absolute atomic E-state index is 12.8. The normalized spacial score (nSPS) is 13.3. The van der Waals surface area contributed by atoms with Crippen LogP contribution in [0, 0.1) is 0 Å². The third-order valence-corrected chi connectivity index (χ3v) is 11.7. The summed E-state index contributed by atoms with van der Waals surface area (Å²) < 4.78 is 16.8. The lowest BCUT2D eigenvalue weighted by atomic mass is 10.1. The first-order valence-corrected chi connectivity index (χ1v) is 29.5. The van der Waals surface area contributed by atoms with Crippen LogP contribution in [0.5, 0.6) is 0 Å². The van der Waals surface area contributed by atoms with Crippen molar-refractivity contribution < 1.29 is 28.6 Å². The number of unbranched alkanes of at least 4 members (excludes halogenated alkanes) is 14. The summed E-state index contributed by atoms with van der Waals surface area (Å²) in [6, 6.07) is 0. The van der Waals surface area contributed by atoms with Crippen LogP contribution in [-0.4, -0.2) is 37.2 Å². The number of allylic oxidation sites excluding steroid dienone is 26. The average molecular weight is 1020 g/mol. The van der Waals surface area contributed by atoms with Gasteiger partial charge in [-0.2, -0.15) is 0 Å². The molecule has 0 radical (unpaired) electrons. The Balaban J connectivity index is 4.36. The summed E-state index contributed by atoms with van der Waals surface area (Å²) in [5.41, 5.74) is 0. The minimum Gasteiger partial charge on any atom is -0.462 e. The third-order valence-electron chi connectivity index (χ3n) is 11.7. The Bertz CT molecular complexity index is 1690. The summed E-state index contributed by atoms with van der Waals surface area (Å²) in [6.07, 6.45) is 88.2. The van der Waals surface area contributed by atoms with Crippen LogP contribution in [0.25, 0.3) is 0 Å². The summed E-state index contributed by atoms with van der Waals surface area (Å²) in [5, 5.41) is 0. The zero-order chi connectivity index (χ0) is 53.6. The number of hydrogen-bond donors (Lipinski definition) is 0. The topological polar surface area (TPSA) is 78.9 Å². The summed E-state index contributed by atoms with van der Waals surface area (Å²) in [5.74, 6) is -0.978. The van der Waals surface area contributed by atoms with Gasteiger partial charge in [0.2, 0.25) is 0 Å². The number of carbonyl (C=O) groups is 3. The van der Waals surface area contributed by atoms with Crippen molar-refractivity contribution in [3.8, 4) is 0 Å². The molecule has 0 aliphatic carbocycles. The monoisotopic (exact) mass is 1020 g/mol. The Kier molecular flexibility index (Phi) is 56.5. The average Bonchev–Trinajstić information content (AvgIpc) is 3.40. The van der Waals surface area contributed by atoms with E-state index >= 15 is 0 Å². The highest BCUT2D eigenvalue weighted by Gasteiger charge is 2.19. The van der Waals surface area contributed by atoms with Crippen LogP contribution in [0.2, 0.25) is 0 Å². The minimum atomic E-state index is -0.811. The fourth-order valence-electron chi connectivity index (χ4n) is 7.39. The number of rotatable bonds is 51. The molecule has 0 spiro atoms. The molecular weight excluding hydrogens is 913 g/mol. The molecule has 0 saturated carbocycles. The van der Waals surface area contributed by atoms with Crippen LogP contribution < -0.4 is 0 Å². The van der Waals surface area contributed by atoms with Crippen LogP contribution in [0.4, 0.5) is 0 Å². The molecule has 1 unspecified atom stereocenters. The summed E-state index contributed by atoms with van der Waals surface area (Å²) in [7, 11) is 0. The Labute approximate surface area is 454 Å². The van der Waals surface area contributed by atoms with Crippen LogP contribution in [0.15, 0.2) is 158 Å². The van der Waals surface area contributed by atoms with Gasteiger partial charge >= 0.3 is 17.9 Å². The molecule has 6 nitrogen and oxygen atoms in total. The fraction of sp³-hybridized carbons (Fsp3) is 0.574. The number of hydrogen-bond acceptors (Lipinski definition) is 6. The smallest absolute Gasteiger partial charge is 0.306 e. The van der Waals surface area contributed by atoms with Crippen molar-refractivity contribution in [2.75, 3.05) is 13.2 Å². The third kappa shape index (κ3) is 57.9. The van der Waals surface area contributed by atoms with E-state index < -0.39 is 6.10 Å². The Morgan fingerprint density at radius 1 is 0.284 bits per heavy atom. The number of esters is 3. The van der Waals surface area contributed by atoms with Gasteiger partial charge in [0.15, 0.2) is 6.10 Å². The van der Waals surface area contributed by atoms with Crippen LogP contribution in [0.3, 0.4) is 0 Å². The molecule has 0 aromatic rings. The van der Waals surface area contributed by atoms with E-state index in [2.05, 4.69) is 179 Å². The van der Waals surface area contributed by atoms with Crippen molar-refractivity contribution in [3.63, 3.8) is 0 Å². The molecule has 0 aliphatic rings. The molecule has 0 saturated heterocycles. The lowest BCUT2D eigenvalue weighted by Gasteiger charge is -2.18. The van der Waals surface area contributed by atoms with E-state index in [1.165, 1.54) is 12.8 Å². The van der Waals surface area contributed by atoms with Gasteiger partial charge in [-0.05, 0) is 141 Å². The predicted molar refractivity (Wildman–Crippen MR) is 320 cm³/mol. The number of carbonyl (C=O) groups excluding carboxylic acids is 3. The fourth-order valence-corrected chi connectivity index (χ4v) is 7.39. The van der Waals surface area contributed by atoms with Crippen LogP contribution in [0.1, 0.15) is 233 Å². The minimum absolute atomic E-state index is 0.107. The summed E-state index contributed by atoms with van der Waals surface area (Å²) >= 11 is 0. The SMILES string of the molecule is CC/C=C\C/C=C\C/C=C\C/C=C\C/C=C\C/C=C\C/C=C\C/C=C\C/C=C\CCCCCC(=O)OCC(COC(=O)CCCCCCC/C=C\CCC)OC(=O)CCCCCCC/C=C\C/C=C\C/C=C\CC. The highest BCUT2D eigenvalue weighted by Crippen LogP contribution is 2.13. The quantitative estimate of drug-likeness (QED) is 0.0261. The van der Waals surface area contributed by atoms with Crippen LogP contribution in [-0.2, 0) is 28.6 Å². The lowest BCUT2D eigenvalue weighted by molar-refractivity contribution is -0.167. The molecule has 0 bridgehead atoms. The van der Waals surface area contributed by atoms with Gasteiger partial charge in [-0.1, -0.05) is 230 Å². The molecule has 0 aromatic carbocycles. The second kappa shape index (κ2) is 60.6. The maximum atomic E-state index is 12.8. The molecule has 0 aliphatic heterocycles. The Hall–Kier alpha value is -4.97. The summed E-state index contributed by atoms with van der Waals surface area (Å²) in [6.45, 7) is 6.28. The molecule has 6 heteroatoms. The van der Waals surface area contributed by atoms with Gasteiger partial charge in [-0.3, -0.25) is 14.4 Å². The zero-order valence-corrected chi connectivity index (χ0v) is 47.3. The van der Waals surface area contributed by atoms with E-state index in [0.717, 1.165) is 180 Å². The van der Waals surface area contributed by atoms with E-state index in [1.54, 1.807) is 0 Å². The van der Waals surface area contributed by atoms with Crippen LogP contribution >= 0.6 is 0 Å². The van der Waals surface area contributed by atoms with Crippen molar-refractivity contribution in [1.82, 2.24) is 0 Å². The second-order valence-corrected chi connectivity index (χ2v) is 18.8. The molecule has 0 fully saturated rings. The van der Waals surface area contributed by atoms with Crippen molar-refractivity contribution >= 4 is 17.9 Å². The van der Waals surface area contributed by atoms with Gasteiger partial charge in [0.05, 0.1) is 0 Å². The molecule has 0 heterocycles. The second-order valence-electron chi connectivity index (χ2n) is 18.8. The van der Waals surface area contributed by atoms with E-state index in [1.807, 2.05) is 0 Å². The molecule has 74 heavy (non-hydrogen) atoms. The van der Waals surface area contributed by atoms with Crippen molar-refractivity contribution in [2.45, 2.75) is 239 Å². The van der Waals surface area contributed by atoms with E-state index in [9.17, 15) is 14.4 Å². The van der Waals surface area contributed by atoms with Gasteiger partial charge in [0, 0.05) is 19.3 Å². The highest BCUT2D eigenvalue weighted by atomic mass is 16.6. The molecule has 414 valence electrons. The first-order chi connectivity index (χ1) is 36.5. The van der Waals surface area contributed by atoms with Gasteiger partial charge in [-0.25, -0.2) is 0 Å².